The monoisotopic (exact) mass is 525 g/mol. The molecule has 0 saturated heterocycles. The highest BCUT2D eigenvalue weighted by Crippen LogP contribution is 2.37. The van der Waals surface area contributed by atoms with Gasteiger partial charge in [-0.3, -0.25) is 14.7 Å². The molecular formula is C26H26F3N7O2. The Morgan fingerprint density at radius 3 is 2.61 bits per heavy atom. The number of hydrogen-bond acceptors (Lipinski definition) is 5. The molecule has 38 heavy (non-hydrogen) atoms. The Morgan fingerprint density at radius 1 is 1.13 bits per heavy atom. The molecule has 0 fully saturated rings. The number of amides is 2. The fourth-order valence-corrected chi connectivity index (χ4v) is 4.58. The Kier molecular flexibility index (Phi) is 6.00. The Bertz CT molecular complexity index is 1560. The Balaban J connectivity index is 1.47. The number of halogens is 3. The van der Waals surface area contributed by atoms with E-state index in [1.807, 2.05) is 6.92 Å². The Hall–Kier alpha value is -4.22. The van der Waals surface area contributed by atoms with Crippen LogP contribution in [0, 0.1) is 12.3 Å². The molecule has 0 unspecified atom stereocenters. The van der Waals surface area contributed by atoms with Crippen LogP contribution in [0.25, 0.3) is 16.7 Å². The van der Waals surface area contributed by atoms with Crippen LogP contribution in [0.15, 0.2) is 36.5 Å². The number of rotatable bonds is 3. The maximum Gasteiger partial charge on any atom is 0.435 e. The number of pyridine rings is 1. The molecular weight excluding hydrogens is 499 g/mol. The summed E-state index contributed by atoms with van der Waals surface area (Å²) < 4.78 is 43.2. The summed E-state index contributed by atoms with van der Waals surface area (Å²) in [7, 11) is 0. The van der Waals surface area contributed by atoms with Crippen LogP contribution in [-0.4, -0.2) is 48.2 Å². The normalized spacial score (nSPS) is 14.0. The summed E-state index contributed by atoms with van der Waals surface area (Å²) in [5.74, 6) is -0.672. The van der Waals surface area contributed by atoms with Gasteiger partial charge in [-0.15, -0.1) is 0 Å². The van der Waals surface area contributed by atoms with Gasteiger partial charge in [0, 0.05) is 47.1 Å². The van der Waals surface area contributed by atoms with Crippen molar-refractivity contribution in [2.75, 3.05) is 11.9 Å². The van der Waals surface area contributed by atoms with Gasteiger partial charge in [-0.05, 0) is 31.2 Å². The minimum Gasteiger partial charge on any atom is -0.337 e. The highest BCUT2D eigenvalue weighted by atomic mass is 19.4. The molecule has 4 aromatic rings. The smallest absolute Gasteiger partial charge is 0.337 e. The molecule has 0 spiro atoms. The number of carbonyl (C=O) groups is 2. The first-order chi connectivity index (χ1) is 17.8. The zero-order valence-electron chi connectivity index (χ0n) is 21.3. The number of hydrogen-bond donors (Lipinski definition) is 2. The summed E-state index contributed by atoms with van der Waals surface area (Å²) in [5, 5.41) is 14.3. The number of nitrogens with one attached hydrogen (secondary N) is 2. The van der Waals surface area contributed by atoms with Crippen LogP contribution in [0.2, 0.25) is 0 Å². The molecule has 198 valence electrons. The number of aromatic amines is 1. The second kappa shape index (κ2) is 8.96. The predicted octanol–water partition coefficient (Wildman–Crippen LogP) is 4.65. The van der Waals surface area contributed by atoms with Crippen LogP contribution < -0.4 is 5.32 Å². The zero-order chi connectivity index (χ0) is 27.4. The van der Waals surface area contributed by atoms with Gasteiger partial charge in [0.2, 0.25) is 5.91 Å². The van der Waals surface area contributed by atoms with E-state index >= 15 is 0 Å². The van der Waals surface area contributed by atoms with E-state index < -0.39 is 23.2 Å². The lowest BCUT2D eigenvalue weighted by molar-refractivity contribution is -0.145. The molecule has 0 aliphatic carbocycles. The third kappa shape index (κ3) is 4.61. The standard InChI is InChI=1S/C26H26F3N7O2/c1-14-18-11-16(12-30-22(18)33-32-14)31-23(37)15-6-5-7-17(10-15)36-20-8-9-35(24(38)25(2,3)4)13-19(20)21(34-36)26(27,28)29/h5-7,10-12H,8-9,13H2,1-4H3,(H,31,37)(H,30,32,33). The average Bonchev–Trinajstić information content (AvgIpc) is 3.43. The molecule has 3 aromatic heterocycles. The summed E-state index contributed by atoms with van der Waals surface area (Å²) >= 11 is 0. The molecule has 9 nitrogen and oxygen atoms in total. The van der Waals surface area contributed by atoms with Crippen molar-refractivity contribution in [3.63, 3.8) is 0 Å². The number of benzene rings is 1. The molecule has 12 heteroatoms. The van der Waals surface area contributed by atoms with Crippen molar-refractivity contribution in [3.8, 4) is 5.69 Å². The quantitative estimate of drug-likeness (QED) is 0.405. The lowest BCUT2D eigenvalue weighted by Crippen LogP contribution is -2.42. The van der Waals surface area contributed by atoms with Crippen LogP contribution in [-0.2, 0) is 23.9 Å². The van der Waals surface area contributed by atoms with Crippen LogP contribution in [0.4, 0.5) is 18.9 Å². The van der Waals surface area contributed by atoms with Gasteiger partial charge in [0.1, 0.15) is 0 Å². The van der Waals surface area contributed by atoms with Crippen LogP contribution in [0.5, 0.6) is 0 Å². The van der Waals surface area contributed by atoms with E-state index in [1.165, 1.54) is 21.8 Å². The van der Waals surface area contributed by atoms with Crippen LogP contribution >= 0.6 is 0 Å². The third-order valence-electron chi connectivity index (χ3n) is 6.47. The highest BCUT2D eigenvalue weighted by molar-refractivity contribution is 6.05. The summed E-state index contributed by atoms with van der Waals surface area (Å²) in [4.78, 5) is 31.4. The molecule has 2 N–H and O–H groups in total. The molecule has 0 atom stereocenters. The first-order valence-electron chi connectivity index (χ1n) is 12.0. The van der Waals surface area contributed by atoms with Crippen molar-refractivity contribution in [1.82, 2.24) is 29.9 Å². The van der Waals surface area contributed by atoms with Crippen molar-refractivity contribution in [1.29, 1.82) is 0 Å². The van der Waals surface area contributed by atoms with Crippen molar-refractivity contribution in [3.05, 3.63) is 64.7 Å². The van der Waals surface area contributed by atoms with E-state index in [0.717, 1.165) is 11.1 Å². The summed E-state index contributed by atoms with van der Waals surface area (Å²) in [6.07, 6.45) is -3.02. The topological polar surface area (TPSA) is 109 Å². The number of H-pyrrole nitrogens is 1. The number of alkyl halides is 3. The van der Waals surface area contributed by atoms with Crippen LogP contribution in [0.1, 0.15) is 53.8 Å². The van der Waals surface area contributed by atoms with E-state index in [1.54, 1.807) is 45.0 Å². The number of aromatic nitrogens is 5. The average molecular weight is 526 g/mol. The second-order valence-electron chi connectivity index (χ2n) is 10.4. The number of anilines is 1. The minimum absolute atomic E-state index is 0.0222. The van der Waals surface area contributed by atoms with E-state index in [0.29, 0.717) is 22.7 Å². The zero-order valence-corrected chi connectivity index (χ0v) is 21.3. The fraction of sp³-hybridized carbons (Fsp3) is 0.346. The molecule has 1 aliphatic rings. The summed E-state index contributed by atoms with van der Waals surface area (Å²) in [5.41, 5.74) is 0.948. The fourth-order valence-electron chi connectivity index (χ4n) is 4.58. The van der Waals surface area contributed by atoms with Crippen molar-refractivity contribution < 1.29 is 22.8 Å². The number of fused-ring (bicyclic) bond motifs is 2. The van der Waals surface area contributed by atoms with Gasteiger partial charge in [-0.25, -0.2) is 9.67 Å². The maximum absolute atomic E-state index is 14.0. The van der Waals surface area contributed by atoms with Gasteiger partial charge in [0.05, 0.1) is 23.3 Å². The van der Waals surface area contributed by atoms with Gasteiger partial charge in [-0.2, -0.15) is 23.4 Å². The first-order valence-corrected chi connectivity index (χ1v) is 12.0. The molecule has 5 rings (SSSR count). The minimum atomic E-state index is -4.70. The SMILES string of the molecule is Cc1[nH]nc2ncc(NC(=O)c3cccc(-n4nc(C(F)(F)F)c5c4CCN(C(=O)C(C)(C)C)C5)c3)cc12. The Morgan fingerprint density at radius 2 is 1.89 bits per heavy atom. The summed E-state index contributed by atoms with van der Waals surface area (Å²) in [6, 6.07) is 7.99. The second-order valence-corrected chi connectivity index (χ2v) is 10.4. The number of nitrogens with zero attached hydrogens (tertiary/aromatic N) is 5. The molecule has 1 aromatic carbocycles. The van der Waals surface area contributed by atoms with Crippen LogP contribution in [0.3, 0.4) is 0 Å². The van der Waals surface area contributed by atoms with Gasteiger partial charge in [0.25, 0.3) is 5.91 Å². The molecule has 0 bridgehead atoms. The van der Waals surface area contributed by atoms with Gasteiger partial charge in [0.15, 0.2) is 11.3 Å². The van der Waals surface area contributed by atoms with Gasteiger partial charge < -0.3 is 10.2 Å². The van der Waals surface area contributed by atoms with E-state index in [-0.39, 0.29) is 36.5 Å². The van der Waals surface area contributed by atoms with Gasteiger partial charge >= 0.3 is 6.18 Å². The largest absolute Gasteiger partial charge is 0.435 e. The highest BCUT2D eigenvalue weighted by Gasteiger charge is 2.42. The van der Waals surface area contributed by atoms with Crippen molar-refractivity contribution >= 4 is 28.5 Å². The molecule has 0 saturated carbocycles. The van der Waals surface area contributed by atoms with Gasteiger partial charge in [-0.1, -0.05) is 26.8 Å². The van der Waals surface area contributed by atoms with E-state index in [9.17, 15) is 22.8 Å². The molecule has 4 heterocycles. The van der Waals surface area contributed by atoms with E-state index in [2.05, 4.69) is 25.6 Å². The molecule has 0 radical (unpaired) electrons. The lowest BCUT2D eigenvalue weighted by atomic mass is 9.93. The van der Waals surface area contributed by atoms with Crippen molar-refractivity contribution in [2.24, 2.45) is 5.41 Å². The van der Waals surface area contributed by atoms with Crippen molar-refractivity contribution in [2.45, 2.75) is 46.8 Å². The number of carbonyl (C=O) groups excluding carboxylic acids is 2. The first kappa shape index (κ1) is 25.4. The molecule has 1 aliphatic heterocycles. The Labute approximate surface area is 216 Å². The number of aryl methyl sites for hydroxylation is 1. The summed E-state index contributed by atoms with van der Waals surface area (Å²) in [6.45, 7) is 7.14. The predicted molar refractivity (Wildman–Crippen MR) is 134 cm³/mol. The molecule has 2 amide bonds. The maximum atomic E-state index is 14.0. The lowest BCUT2D eigenvalue weighted by Gasteiger charge is -2.33. The van der Waals surface area contributed by atoms with E-state index in [4.69, 9.17) is 0 Å². The third-order valence-corrected chi connectivity index (χ3v) is 6.47.